The first kappa shape index (κ1) is 19.7. The highest BCUT2D eigenvalue weighted by Crippen LogP contribution is 2.34. The standard InChI is InChI=1S/C23H25F2N3O/c24-20-8-6-18(7-9-20)12-23(17-29)10-3-11-27(16-23)14-19-13-26-28(15-19)22-5-2-1-4-21(22)25/h1-2,4-9,13,15,29H,3,10-12,14,16-17H2/t23-/m0/s1. The van der Waals surface area contributed by atoms with Crippen molar-refractivity contribution >= 4 is 0 Å². The molecule has 1 aliphatic heterocycles. The fourth-order valence-corrected chi connectivity index (χ4v) is 4.28. The van der Waals surface area contributed by atoms with Gasteiger partial charge in [-0.2, -0.15) is 5.10 Å². The van der Waals surface area contributed by atoms with Crippen LogP contribution in [0.2, 0.25) is 0 Å². The van der Waals surface area contributed by atoms with Crippen molar-refractivity contribution in [2.45, 2.75) is 25.8 Å². The van der Waals surface area contributed by atoms with Crippen LogP contribution in [-0.2, 0) is 13.0 Å². The second-order valence-corrected chi connectivity index (χ2v) is 8.02. The number of para-hydroxylation sites is 1. The Morgan fingerprint density at radius 1 is 1.03 bits per heavy atom. The fourth-order valence-electron chi connectivity index (χ4n) is 4.28. The maximum Gasteiger partial charge on any atom is 0.148 e. The van der Waals surface area contributed by atoms with Crippen molar-refractivity contribution in [1.29, 1.82) is 0 Å². The molecule has 1 aromatic heterocycles. The number of likely N-dealkylation sites (tertiary alicyclic amines) is 1. The Labute approximate surface area is 169 Å². The molecule has 1 atom stereocenters. The molecule has 3 aromatic rings. The Balaban J connectivity index is 1.45. The monoisotopic (exact) mass is 397 g/mol. The van der Waals surface area contributed by atoms with Crippen LogP contribution in [0.25, 0.3) is 5.69 Å². The number of piperidine rings is 1. The summed E-state index contributed by atoms with van der Waals surface area (Å²) in [6.07, 6.45) is 6.26. The van der Waals surface area contributed by atoms with Gasteiger partial charge < -0.3 is 5.11 Å². The zero-order chi connectivity index (χ0) is 20.3. The van der Waals surface area contributed by atoms with Gasteiger partial charge in [0.1, 0.15) is 17.3 Å². The number of hydrogen-bond donors (Lipinski definition) is 1. The van der Waals surface area contributed by atoms with Gasteiger partial charge in [0.2, 0.25) is 0 Å². The minimum absolute atomic E-state index is 0.0926. The molecule has 0 spiro atoms. The van der Waals surface area contributed by atoms with Gasteiger partial charge in [0.05, 0.1) is 12.8 Å². The quantitative estimate of drug-likeness (QED) is 0.684. The number of rotatable bonds is 6. The second-order valence-electron chi connectivity index (χ2n) is 8.02. The van der Waals surface area contributed by atoms with E-state index in [0.717, 1.165) is 43.5 Å². The van der Waals surface area contributed by atoms with E-state index < -0.39 is 0 Å². The van der Waals surface area contributed by atoms with Crippen molar-refractivity contribution in [3.05, 3.63) is 83.7 Å². The lowest BCUT2D eigenvalue weighted by atomic mass is 9.75. The van der Waals surface area contributed by atoms with Crippen LogP contribution >= 0.6 is 0 Å². The molecule has 6 heteroatoms. The molecule has 1 aliphatic rings. The summed E-state index contributed by atoms with van der Waals surface area (Å²) >= 11 is 0. The largest absolute Gasteiger partial charge is 0.396 e. The summed E-state index contributed by atoms with van der Waals surface area (Å²) in [6.45, 7) is 2.48. The number of aromatic nitrogens is 2. The molecule has 4 rings (SSSR count). The Bertz CT molecular complexity index is 957. The molecule has 0 unspecified atom stereocenters. The van der Waals surface area contributed by atoms with E-state index in [1.54, 1.807) is 41.2 Å². The van der Waals surface area contributed by atoms with E-state index >= 15 is 0 Å². The fraction of sp³-hybridized carbons (Fsp3) is 0.348. The lowest BCUT2D eigenvalue weighted by Gasteiger charge is -2.42. The number of benzene rings is 2. The van der Waals surface area contributed by atoms with Gasteiger partial charge >= 0.3 is 0 Å². The molecule has 1 N–H and O–H groups in total. The summed E-state index contributed by atoms with van der Waals surface area (Å²) in [5, 5.41) is 14.5. The zero-order valence-electron chi connectivity index (χ0n) is 16.3. The topological polar surface area (TPSA) is 41.3 Å². The smallest absolute Gasteiger partial charge is 0.148 e. The molecule has 2 heterocycles. The Kier molecular flexibility index (Phi) is 5.74. The zero-order valence-corrected chi connectivity index (χ0v) is 16.3. The van der Waals surface area contributed by atoms with Crippen molar-refractivity contribution in [2.24, 2.45) is 5.41 Å². The summed E-state index contributed by atoms with van der Waals surface area (Å²) in [4.78, 5) is 2.31. The van der Waals surface area contributed by atoms with Crippen molar-refractivity contribution in [3.8, 4) is 5.69 Å². The summed E-state index contributed by atoms with van der Waals surface area (Å²) in [5.41, 5.74) is 2.23. The average Bonchev–Trinajstić information content (AvgIpc) is 3.18. The van der Waals surface area contributed by atoms with Gasteiger partial charge in [-0.25, -0.2) is 13.5 Å². The van der Waals surface area contributed by atoms with Gasteiger partial charge in [-0.15, -0.1) is 0 Å². The molecule has 1 fully saturated rings. The molecule has 152 valence electrons. The molecule has 29 heavy (non-hydrogen) atoms. The number of aliphatic hydroxyl groups is 1. The maximum atomic E-state index is 14.0. The van der Waals surface area contributed by atoms with Gasteiger partial charge in [-0.1, -0.05) is 24.3 Å². The molecule has 0 bridgehead atoms. The van der Waals surface area contributed by atoms with Gasteiger partial charge in [-0.3, -0.25) is 4.90 Å². The van der Waals surface area contributed by atoms with Crippen LogP contribution in [0, 0.1) is 17.0 Å². The number of halogens is 2. The van der Waals surface area contributed by atoms with Crippen LogP contribution in [0.15, 0.2) is 60.9 Å². The normalized spacial score (nSPS) is 20.1. The van der Waals surface area contributed by atoms with E-state index in [1.165, 1.54) is 18.2 Å². The van der Waals surface area contributed by atoms with Crippen molar-refractivity contribution in [3.63, 3.8) is 0 Å². The third-order valence-electron chi connectivity index (χ3n) is 5.71. The first-order chi connectivity index (χ1) is 14.1. The lowest BCUT2D eigenvalue weighted by molar-refractivity contribution is 0.0288. The highest BCUT2D eigenvalue weighted by molar-refractivity contribution is 5.33. The molecule has 4 nitrogen and oxygen atoms in total. The van der Waals surface area contributed by atoms with E-state index in [2.05, 4.69) is 10.00 Å². The molecule has 0 radical (unpaired) electrons. The van der Waals surface area contributed by atoms with Crippen LogP contribution in [0.3, 0.4) is 0 Å². The Hall–Kier alpha value is -2.57. The van der Waals surface area contributed by atoms with Crippen LogP contribution in [0.4, 0.5) is 8.78 Å². The SMILES string of the molecule is OC[C@]1(Cc2ccc(F)cc2)CCCN(Cc2cnn(-c3ccccc3F)c2)C1. The van der Waals surface area contributed by atoms with Crippen molar-refractivity contribution < 1.29 is 13.9 Å². The minimum atomic E-state index is -0.307. The summed E-state index contributed by atoms with van der Waals surface area (Å²) < 4.78 is 28.8. The van der Waals surface area contributed by atoms with Gasteiger partial charge in [0.25, 0.3) is 0 Å². The highest BCUT2D eigenvalue weighted by atomic mass is 19.1. The van der Waals surface area contributed by atoms with Crippen LogP contribution in [-0.4, -0.2) is 39.5 Å². The van der Waals surface area contributed by atoms with Crippen molar-refractivity contribution in [2.75, 3.05) is 19.7 Å². The summed E-state index contributed by atoms with van der Waals surface area (Å²) in [6, 6.07) is 13.1. The third-order valence-corrected chi connectivity index (χ3v) is 5.71. The highest BCUT2D eigenvalue weighted by Gasteiger charge is 2.35. The molecule has 0 amide bonds. The lowest BCUT2D eigenvalue weighted by Crippen LogP contribution is -2.46. The molecular formula is C23H25F2N3O. The van der Waals surface area contributed by atoms with Gasteiger partial charge in [-0.05, 0) is 55.6 Å². The molecule has 1 saturated heterocycles. The van der Waals surface area contributed by atoms with Crippen LogP contribution in [0.5, 0.6) is 0 Å². The first-order valence-electron chi connectivity index (χ1n) is 9.93. The van der Waals surface area contributed by atoms with Crippen LogP contribution < -0.4 is 0 Å². The molecule has 0 aliphatic carbocycles. The van der Waals surface area contributed by atoms with Crippen molar-refractivity contribution in [1.82, 2.24) is 14.7 Å². The maximum absolute atomic E-state index is 14.0. The van der Waals surface area contributed by atoms with Crippen LogP contribution in [0.1, 0.15) is 24.0 Å². The molecular weight excluding hydrogens is 372 g/mol. The van der Waals surface area contributed by atoms with Gasteiger partial charge in [0.15, 0.2) is 0 Å². The predicted molar refractivity (Wildman–Crippen MR) is 108 cm³/mol. The predicted octanol–water partition coefficient (Wildman–Crippen LogP) is 3.97. The number of nitrogens with zero attached hydrogens (tertiary/aromatic N) is 3. The molecule has 0 saturated carbocycles. The Morgan fingerprint density at radius 3 is 2.59 bits per heavy atom. The van der Waals surface area contributed by atoms with E-state index in [4.69, 9.17) is 0 Å². The first-order valence-corrected chi connectivity index (χ1v) is 9.93. The van der Waals surface area contributed by atoms with E-state index in [0.29, 0.717) is 12.2 Å². The molecule has 2 aromatic carbocycles. The third kappa shape index (κ3) is 4.54. The summed E-state index contributed by atoms with van der Waals surface area (Å²) in [7, 11) is 0. The van der Waals surface area contributed by atoms with E-state index in [9.17, 15) is 13.9 Å². The van der Waals surface area contributed by atoms with E-state index in [-0.39, 0.29) is 23.7 Å². The number of hydrogen-bond acceptors (Lipinski definition) is 3. The summed E-state index contributed by atoms with van der Waals surface area (Å²) in [5.74, 6) is -0.553. The second kappa shape index (κ2) is 8.43. The van der Waals surface area contributed by atoms with Gasteiger partial charge in [0, 0.05) is 30.3 Å². The number of aliphatic hydroxyl groups excluding tert-OH is 1. The minimum Gasteiger partial charge on any atom is -0.396 e. The van der Waals surface area contributed by atoms with E-state index in [1.807, 2.05) is 6.20 Å². The average molecular weight is 397 g/mol. The Morgan fingerprint density at radius 2 is 1.83 bits per heavy atom.